The Morgan fingerprint density at radius 2 is 2.10 bits per heavy atom. The van der Waals surface area contributed by atoms with Gasteiger partial charge >= 0.3 is 0 Å². The van der Waals surface area contributed by atoms with E-state index in [4.69, 9.17) is 0 Å². The molecule has 3 rings (SSSR count). The largest absolute Gasteiger partial charge is 0.368 e. The van der Waals surface area contributed by atoms with Crippen LogP contribution in [0.15, 0.2) is 18.6 Å². The average molecular weight is 318 g/mol. The molecule has 0 bridgehead atoms. The maximum atomic E-state index is 4.38. The van der Waals surface area contributed by atoms with Crippen molar-refractivity contribution in [3.8, 4) is 0 Å². The smallest absolute Gasteiger partial charge is 0.159 e. The lowest BCUT2D eigenvalue weighted by molar-refractivity contribution is 0.339. The lowest BCUT2D eigenvalue weighted by Gasteiger charge is -2.38. The number of piperidine rings is 1. The minimum atomic E-state index is 0. The van der Waals surface area contributed by atoms with Crippen LogP contribution in [0.5, 0.6) is 0 Å². The fraction of sp³-hybridized carbons (Fsp3) is 0.538. The van der Waals surface area contributed by atoms with E-state index >= 15 is 0 Å². The van der Waals surface area contributed by atoms with Crippen LogP contribution in [-0.4, -0.2) is 41.1 Å². The van der Waals surface area contributed by atoms with Crippen molar-refractivity contribution in [3.63, 3.8) is 0 Å². The Bertz CT molecular complexity index is 544. The maximum Gasteiger partial charge on any atom is 0.159 e. The van der Waals surface area contributed by atoms with Crippen LogP contribution in [0.2, 0.25) is 0 Å². The molecular formula is C13H21Cl2N5. The molecule has 1 aliphatic heterocycles. The highest BCUT2D eigenvalue weighted by molar-refractivity contribution is 5.86. The standard InChI is InChI=1S/C13H19N5.2ClH/c1-9-3-5-14-7-11(9)18(2)10-4-6-15-13-12(10)16-8-17-13;;/h4,6,8-9,11,14H,3,5,7H2,1-2H3,(H,15,16,17);2*1H/t9-,11+;;/m1../s1. The van der Waals surface area contributed by atoms with Crippen molar-refractivity contribution >= 4 is 41.7 Å². The summed E-state index contributed by atoms with van der Waals surface area (Å²) in [5.74, 6) is 0.693. The minimum Gasteiger partial charge on any atom is -0.368 e. The molecule has 0 aliphatic carbocycles. The van der Waals surface area contributed by atoms with Gasteiger partial charge in [-0.1, -0.05) is 6.92 Å². The van der Waals surface area contributed by atoms with Crippen molar-refractivity contribution in [1.29, 1.82) is 0 Å². The lowest BCUT2D eigenvalue weighted by atomic mass is 9.93. The third-order valence-electron chi connectivity index (χ3n) is 3.96. The van der Waals surface area contributed by atoms with Gasteiger partial charge in [0.2, 0.25) is 0 Å². The quantitative estimate of drug-likeness (QED) is 0.892. The summed E-state index contributed by atoms with van der Waals surface area (Å²) in [5.41, 5.74) is 2.97. The number of hydrogen-bond acceptors (Lipinski definition) is 4. The Morgan fingerprint density at radius 1 is 1.30 bits per heavy atom. The number of hydrogen-bond donors (Lipinski definition) is 2. The Labute approximate surface area is 131 Å². The normalized spacial score (nSPS) is 21.9. The van der Waals surface area contributed by atoms with Gasteiger partial charge in [-0.05, 0) is 24.9 Å². The number of fused-ring (bicyclic) bond motifs is 1. The summed E-state index contributed by atoms with van der Waals surface area (Å²) >= 11 is 0. The van der Waals surface area contributed by atoms with Gasteiger partial charge in [0.15, 0.2) is 5.65 Å². The molecule has 2 atom stereocenters. The van der Waals surface area contributed by atoms with Crippen LogP contribution in [0.25, 0.3) is 11.2 Å². The second-order valence-electron chi connectivity index (χ2n) is 5.08. The van der Waals surface area contributed by atoms with Crippen molar-refractivity contribution in [2.24, 2.45) is 5.92 Å². The van der Waals surface area contributed by atoms with E-state index in [-0.39, 0.29) is 24.8 Å². The Kier molecular flexibility index (Phi) is 6.05. The highest BCUT2D eigenvalue weighted by Crippen LogP contribution is 2.27. The number of anilines is 1. The van der Waals surface area contributed by atoms with E-state index in [0.717, 1.165) is 29.9 Å². The molecule has 3 heterocycles. The number of H-pyrrole nitrogens is 1. The van der Waals surface area contributed by atoms with Gasteiger partial charge in [-0.3, -0.25) is 0 Å². The molecule has 0 aromatic carbocycles. The van der Waals surface area contributed by atoms with Crippen molar-refractivity contribution < 1.29 is 0 Å². The molecular weight excluding hydrogens is 297 g/mol. The molecule has 0 unspecified atom stereocenters. The number of likely N-dealkylation sites (N-methyl/N-ethyl adjacent to an activating group) is 1. The molecule has 0 saturated carbocycles. The van der Waals surface area contributed by atoms with Crippen molar-refractivity contribution in [2.75, 3.05) is 25.0 Å². The highest BCUT2D eigenvalue weighted by atomic mass is 35.5. The Morgan fingerprint density at radius 3 is 2.85 bits per heavy atom. The summed E-state index contributed by atoms with van der Waals surface area (Å²) in [6.45, 7) is 4.48. The van der Waals surface area contributed by atoms with Crippen LogP contribution in [0.1, 0.15) is 13.3 Å². The summed E-state index contributed by atoms with van der Waals surface area (Å²) < 4.78 is 0. The number of pyridine rings is 1. The summed E-state index contributed by atoms with van der Waals surface area (Å²) in [5, 5.41) is 3.47. The molecule has 1 aliphatic rings. The van der Waals surface area contributed by atoms with Crippen molar-refractivity contribution in [3.05, 3.63) is 18.6 Å². The molecule has 0 radical (unpaired) electrons. The van der Waals surface area contributed by atoms with Crippen LogP contribution in [0, 0.1) is 5.92 Å². The number of nitrogens with one attached hydrogen (secondary N) is 2. The first kappa shape index (κ1) is 17.0. The minimum absolute atomic E-state index is 0. The van der Waals surface area contributed by atoms with E-state index in [0.29, 0.717) is 12.0 Å². The summed E-state index contributed by atoms with van der Waals surface area (Å²) in [6.07, 6.45) is 4.77. The summed E-state index contributed by atoms with van der Waals surface area (Å²) in [4.78, 5) is 14.1. The SMILES string of the molecule is C[C@@H]1CCNC[C@@H]1N(C)c1ccnc2[nH]cnc12.Cl.Cl. The maximum absolute atomic E-state index is 4.38. The molecule has 2 N–H and O–H groups in total. The predicted octanol–water partition coefficient (Wildman–Crippen LogP) is 2.24. The van der Waals surface area contributed by atoms with Crippen LogP contribution in [0.3, 0.4) is 0 Å². The van der Waals surface area contributed by atoms with Gasteiger partial charge in [0.1, 0.15) is 5.52 Å². The number of rotatable bonds is 2. The first-order chi connectivity index (χ1) is 8.77. The second kappa shape index (κ2) is 7.11. The fourth-order valence-corrected chi connectivity index (χ4v) is 2.79. The van der Waals surface area contributed by atoms with E-state index in [1.807, 2.05) is 12.3 Å². The van der Waals surface area contributed by atoms with Gasteiger partial charge in [0, 0.05) is 25.8 Å². The van der Waals surface area contributed by atoms with Crippen LogP contribution >= 0.6 is 24.8 Å². The Hall–Kier alpha value is -1.04. The number of aromatic amines is 1. The lowest BCUT2D eigenvalue weighted by Crippen LogP contribution is -2.49. The van der Waals surface area contributed by atoms with Crippen LogP contribution in [0.4, 0.5) is 5.69 Å². The van der Waals surface area contributed by atoms with Crippen molar-refractivity contribution in [1.82, 2.24) is 20.3 Å². The first-order valence-electron chi connectivity index (χ1n) is 6.49. The summed E-state index contributed by atoms with van der Waals surface area (Å²) in [6, 6.07) is 2.56. The summed E-state index contributed by atoms with van der Waals surface area (Å²) in [7, 11) is 2.15. The van der Waals surface area contributed by atoms with E-state index < -0.39 is 0 Å². The number of nitrogens with zero attached hydrogens (tertiary/aromatic N) is 3. The third-order valence-corrected chi connectivity index (χ3v) is 3.96. The molecule has 20 heavy (non-hydrogen) atoms. The van der Waals surface area contributed by atoms with E-state index in [1.165, 1.54) is 6.42 Å². The van der Waals surface area contributed by atoms with Crippen LogP contribution < -0.4 is 10.2 Å². The van der Waals surface area contributed by atoms with E-state index in [1.54, 1.807) is 6.33 Å². The highest BCUT2D eigenvalue weighted by Gasteiger charge is 2.26. The monoisotopic (exact) mass is 317 g/mol. The first-order valence-corrected chi connectivity index (χ1v) is 6.49. The van der Waals surface area contributed by atoms with Gasteiger partial charge < -0.3 is 15.2 Å². The number of aromatic nitrogens is 3. The molecule has 0 spiro atoms. The molecule has 1 saturated heterocycles. The van der Waals surface area contributed by atoms with Gasteiger partial charge in [0.25, 0.3) is 0 Å². The average Bonchev–Trinajstić information content (AvgIpc) is 2.86. The molecule has 112 valence electrons. The van der Waals surface area contributed by atoms with Crippen molar-refractivity contribution in [2.45, 2.75) is 19.4 Å². The molecule has 0 amide bonds. The van der Waals surface area contributed by atoms with Gasteiger partial charge in [0.05, 0.1) is 12.0 Å². The van der Waals surface area contributed by atoms with Gasteiger partial charge in [-0.2, -0.15) is 0 Å². The molecule has 2 aromatic rings. The Balaban J connectivity index is 0.000001000. The van der Waals surface area contributed by atoms with Crippen LogP contribution in [-0.2, 0) is 0 Å². The second-order valence-corrected chi connectivity index (χ2v) is 5.08. The topological polar surface area (TPSA) is 56.8 Å². The zero-order chi connectivity index (χ0) is 12.5. The van der Waals surface area contributed by atoms with Gasteiger partial charge in [-0.15, -0.1) is 24.8 Å². The van der Waals surface area contributed by atoms with E-state index in [2.05, 4.69) is 39.1 Å². The van der Waals surface area contributed by atoms with E-state index in [9.17, 15) is 0 Å². The predicted molar refractivity (Wildman–Crippen MR) is 87.2 cm³/mol. The molecule has 1 fully saturated rings. The number of imidazole rings is 1. The molecule has 2 aromatic heterocycles. The fourth-order valence-electron chi connectivity index (χ4n) is 2.79. The molecule has 5 nitrogen and oxygen atoms in total. The molecule has 7 heteroatoms. The zero-order valence-corrected chi connectivity index (χ0v) is 13.3. The zero-order valence-electron chi connectivity index (χ0n) is 11.7. The third kappa shape index (κ3) is 3.00. The van der Waals surface area contributed by atoms with Gasteiger partial charge in [-0.25, -0.2) is 9.97 Å². The number of halogens is 2.